The zero-order chi connectivity index (χ0) is 17.7. The van der Waals surface area contributed by atoms with Gasteiger partial charge in [0.2, 0.25) is 0 Å². The Kier molecular flexibility index (Phi) is 5.31. The van der Waals surface area contributed by atoms with Crippen molar-refractivity contribution >= 4 is 23.3 Å². The third kappa shape index (κ3) is 4.42. The van der Waals surface area contributed by atoms with Gasteiger partial charge < -0.3 is 15.2 Å². The lowest BCUT2D eigenvalue weighted by atomic mass is 10.1. The van der Waals surface area contributed by atoms with Gasteiger partial charge in [-0.25, -0.2) is 4.79 Å². The van der Waals surface area contributed by atoms with Crippen LogP contribution in [-0.4, -0.2) is 29.4 Å². The lowest BCUT2D eigenvalue weighted by Crippen LogP contribution is -2.21. The van der Waals surface area contributed by atoms with E-state index in [0.717, 1.165) is 5.56 Å². The molecule has 0 heterocycles. The van der Waals surface area contributed by atoms with Gasteiger partial charge in [-0.05, 0) is 55.8 Å². The number of phenols is 1. The van der Waals surface area contributed by atoms with Crippen LogP contribution in [0.25, 0.3) is 0 Å². The number of aryl methyl sites for hydroxylation is 1. The Morgan fingerprint density at radius 3 is 2.33 bits per heavy atom. The second-order valence-corrected chi connectivity index (χ2v) is 5.28. The number of nitrogens with one attached hydrogen (secondary N) is 1. The van der Waals surface area contributed by atoms with Gasteiger partial charge in [-0.2, -0.15) is 0 Å². The van der Waals surface area contributed by atoms with E-state index >= 15 is 0 Å². The number of phenolic OH excluding ortho intramolecular Hbond substituents is 1. The topological polar surface area (TPSA) is 92.7 Å². The molecule has 124 valence electrons. The van der Waals surface area contributed by atoms with Gasteiger partial charge in [0, 0.05) is 11.3 Å². The van der Waals surface area contributed by atoms with Gasteiger partial charge in [-0.15, -0.1) is 0 Å². The lowest BCUT2D eigenvalue weighted by molar-refractivity contribution is -0.119. The molecular weight excluding hydrogens is 310 g/mol. The quantitative estimate of drug-likeness (QED) is 0.650. The number of carbonyl (C=O) groups is 3. The van der Waals surface area contributed by atoms with Crippen LogP contribution in [0.1, 0.15) is 33.2 Å². The summed E-state index contributed by atoms with van der Waals surface area (Å²) in [5, 5.41) is 12.3. The average molecular weight is 327 g/mol. The summed E-state index contributed by atoms with van der Waals surface area (Å²) in [5.74, 6) is -1.57. The van der Waals surface area contributed by atoms with Crippen molar-refractivity contribution in [2.75, 3.05) is 11.9 Å². The number of amides is 1. The molecule has 0 radical (unpaired) electrons. The summed E-state index contributed by atoms with van der Waals surface area (Å²) in [6.07, 6.45) is 0. The number of hydrogen-bond acceptors (Lipinski definition) is 5. The number of anilines is 1. The Morgan fingerprint density at radius 1 is 1.08 bits per heavy atom. The van der Waals surface area contributed by atoms with Crippen LogP contribution in [-0.2, 0) is 9.53 Å². The first kappa shape index (κ1) is 17.2. The van der Waals surface area contributed by atoms with Crippen LogP contribution < -0.4 is 5.32 Å². The molecule has 24 heavy (non-hydrogen) atoms. The first-order chi connectivity index (χ1) is 11.4. The molecule has 0 saturated carbocycles. The van der Waals surface area contributed by atoms with Gasteiger partial charge in [0.05, 0.1) is 0 Å². The van der Waals surface area contributed by atoms with E-state index in [1.807, 2.05) is 0 Å². The molecule has 2 aromatic rings. The second-order valence-electron chi connectivity index (χ2n) is 5.28. The summed E-state index contributed by atoms with van der Waals surface area (Å²) < 4.78 is 4.88. The third-order valence-corrected chi connectivity index (χ3v) is 3.28. The Balaban J connectivity index is 1.90. The average Bonchev–Trinajstić information content (AvgIpc) is 2.53. The molecule has 0 fully saturated rings. The molecule has 0 aliphatic carbocycles. The highest BCUT2D eigenvalue weighted by Gasteiger charge is 2.14. The number of esters is 1. The second kappa shape index (κ2) is 7.41. The molecule has 6 heteroatoms. The maximum Gasteiger partial charge on any atom is 0.342 e. The van der Waals surface area contributed by atoms with Crippen molar-refractivity contribution in [1.29, 1.82) is 0 Å². The summed E-state index contributed by atoms with van der Waals surface area (Å²) in [6.45, 7) is 2.74. The fourth-order valence-electron chi connectivity index (χ4n) is 2.01. The van der Waals surface area contributed by atoms with E-state index in [-0.39, 0.29) is 17.1 Å². The molecule has 2 N–H and O–H groups in total. The maximum atomic E-state index is 11.9. The summed E-state index contributed by atoms with van der Waals surface area (Å²) >= 11 is 0. The molecular formula is C18H17NO5. The number of carbonyl (C=O) groups excluding carboxylic acids is 3. The summed E-state index contributed by atoms with van der Waals surface area (Å²) in [5.41, 5.74) is 1.82. The van der Waals surface area contributed by atoms with Crippen molar-refractivity contribution in [3.8, 4) is 5.75 Å². The molecule has 0 aliphatic rings. The van der Waals surface area contributed by atoms with E-state index in [1.165, 1.54) is 19.1 Å². The van der Waals surface area contributed by atoms with Crippen LogP contribution in [0.4, 0.5) is 5.69 Å². The Bertz CT molecular complexity index is 780. The third-order valence-electron chi connectivity index (χ3n) is 3.28. The molecule has 0 aromatic heterocycles. The minimum absolute atomic E-state index is 0.000730. The van der Waals surface area contributed by atoms with Gasteiger partial charge in [0.25, 0.3) is 5.91 Å². The molecule has 0 unspecified atom stereocenters. The van der Waals surface area contributed by atoms with Gasteiger partial charge >= 0.3 is 5.97 Å². The van der Waals surface area contributed by atoms with Crippen molar-refractivity contribution in [2.24, 2.45) is 0 Å². The fourth-order valence-corrected chi connectivity index (χ4v) is 2.01. The number of ketones is 1. The zero-order valence-electron chi connectivity index (χ0n) is 13.3. The van der Waals surface area contributed by atoms with Crippen LogP contribution in [0, 0.1) is 6.92 Å². The van der Waals surface area contributed by atoms with Crippen molar-refractivity contribution in [3.63, 3.8) is 0 Å². The van der Waals surface area contributed by atoms with Crippen LogP contribution in [0.3, 0.4) is 0 Å². The largest absolute Gasteiger partial charge is 0.507 e. The van der Waals surface area contributed by atoms with Crippen LogP contribution in [0.2, 0.25) is 0 Å². The van der Waals surface area contributed by atoms with Crippen molar-refractivity contribution < 1.29 is 24.2 Å². The summed E-state index contributed by atoms with van der Waals surface area (Å²) in [7, 11) is 0. The number of hydrogen-bond donors (Lipinski definition) is 2. The maximum absolute atomic E-state index is 11.9. The molecule has 0 atom stereocenters. The van der Waals surface area contributed by atoms with E-state index < -0.39 is 18.5 Å². The highest BCUT2D eigenvalue weighted by Crippen LogP contribution is 2.19. The smallest absolute Gasteiger partial charge is 0.342 e. The molecule has 2 rings (SSSR count). The van der Waals surface area contributed by atoms with E-state index in [2.05, 4.69) is 5.32 Å². The number of aromatic hydroxyl groups is 1. The van der Waals surface area contributed by atoms with Crippen LogP contribution in [0.15, 0.2) is 42.5 Å². The normalized spacial score (nSPS) is 10.1. The minimum Gasteiger partial charge on any atom is -0.507 e. The molecule has 0 bridgehead atoms. The van der Waals surface area contributed by atoms with Crippen molar-refractivity contribution in [3.05, 3.63) is 59.2 Å². The first-order valence-electron chi connectivity index (χ1n) is 7.24. The fraction of sp³-hybridized carbons (Fsp3) is 0.167. The molecule has 0 saturated heterocycles. The number of benzene rings is 2. The molecule has 6 nitrogen and oxygen atoms in total. The van der Waals surface area contributed by atoms with E-state index in [4.69, 9.17) is 4.74 Å². The molecule has 2 aromatic carbocycles. The van der Waals surface area contributed by atoms with E-state index in [0.29, 0.717) is 11.3 Å². The van der Waals surface area contributed by atoms with Crippen LogP contribution >= 0.6 is 0 Å². The number of ether oxygens (including phenoxy) is 1. The van der Waals surface area contributed by atoms with Gasteiger partial charge in [-0.3, -0.25) is 9.59 Å². The summed E-state index contributed by atoms with van der Waals surface area (Å²) in [4.78, 5) is 34.8. The van der Waals surface area contributed by atoms with Gasteiger partial charge in [0.1, 0.15) is 11.3 Å². The molecule has 0 spiro atoms. The van der Waals surface area contributed by atoms with Gasteiger partial charge in [0.15, 0.2) is 12.4 Å². The van der Waals surface area contributed by atoms with E-state index in [9.17, 15) is 19.5 Å². The van der Waals surface area contributed by atoms with Crippen molar-refractivity contribution in [2.45, 2.75) is 13.8 Å². The van der Waals surface area contributed by atoms with Crippen molar-refractivity contribution in [1.82, 2.24) is 0 Å². The Labute approximate surface area is 139 Å². The lowest BCUT2D eigenvalue weighted by Gasteiger charge is -2.08. The predicted octanol–water partition coefficient (Wildman–Crippen LogP) is 2.70. The predicted molar refractivity (Wildman–Crippen MR) is 88.2 cm³/mol. The monoisotopic (exact) mass is 327 g/mol. The highest BCUT2D eigenvalue weighted by atomic mass is 16.5. The van der Waals surface area contributed by atoms with E-state index in [1.54, 1.807) is 37.3 Å². The minimum atomic E-state index is -0.783. The molecule has 0 aliphatic heterocycles. The Hall–Kier alpha value is -3.15. The van der Waals surface area contributed by atoms with Gasteiger partial charge in [-0.1, -0.05) is 6.07 Å². The zero-order valence-corrected chi connectivity index (χ0v) is 13.3. The standard InChI is InChI=1S/C18H17NO5/c1-11-3-8-15(16(21)9-11)18(23)24-10-17(22)19-14-6-4-13(5-7-14)12(2)20/h3-9,21H,10H2,1-2H3,(H,19,22). The molecule has 1 amide bonds. The first-order valence-corrected chi connectivity index (χ1v) is 7.24. The highest BCUT2D eigenvalue weighted by molar-refractivity contribution is 5.97. The Morgan fingerprint density at radius 2 is 1.75 bits per heavy atom. The van der Waals surface area contributed by atoms with Crippen LogP contribution in [0.5, 0.6) is 5.75 Å². The number of rotatable bonds is 5. The SMILES string of the molecule is CC(=O)c1ccc(NC(=O)COC(=O)c2ccc(C)cc2O)cc1. The summed E-state index contributed by atoms with van der Waals surface area (Å²) in [6, 6.07) is 10.9. The number of Topliss-reactive ketones (excluding diaryl/α,β-unsaturated/α-hetero) is 1.